The summed E-state index contributed by atoms with van der Waals surface area (Å²) >= 11 is 1.60. The smallest absolute Gasteiger partial charge is 0.335 e. The summed E-state index contributed by atoms with van der Waals surface area (Å²) in [5.74, 6) is 0.799. The molecule has 3 aromatic rings. The molecule has 0 saturated carbocycles. The average molecular weight is 373 g/mol. The lowest BCUT2D eigenvalue weighted by Gasteiger charge is -2.08. The van der Waals surface area contributed by atoms with Gasteiger partial charge in [-0.15, -0.1) is 11.8 Å². The van der Waals surface area contributed by atoms with E-state index in [-0.39, 0.29) is 0 Å². The quantitative estimate of drug-likeness (QED) is 0.671. The second-order valence-electron chi connectivity index (χ2n) is 5.02. The van der Waals surface area contributed by atoms with Gasteiger partial charge in [-0.25, -0.2) is 14.8 Å². The molecular weight excluding hydrogens is 354 g/mol. The van der Waals surface area contributed by atoms with Gasteiger partial charge in [-0.3, -0.25) is 0 Å². The van der Waals surface area contributed by atoms with Crippen molar-refractivity contribution < 1.29 is 19.4 Å². The molecule has 0 aliphatic heterocycles. The number of carboxylic acid groups (broad SMARTS) is 1. The van der Waals surface area contributed by atoms with Crippen LogP contribution < -0.4 is 15.2 Å². The Labute approximate surface area is 155 Å². The Morgan fingerprint density at radius 3 is 2.23 bits per heavy atom. The van der Waals surface area contributed by atoms with E-state index in [0.29, 0.717) is 22.9 Å². The van der Waals surface area contributed by atoms with Crippen LogP contribution in [0.2, 0.25) is 0 Å². The number of aromatic carboxylic acids is 1. The molecular formula is C18H19N3O4S. The first-order valence-corrected chi connectivity index (χ1v) is 8.72. The Bertz CT molecular complexity index is 901. The van der Waals surface area contributed by atoms with Gasteiger partial charge in [0.05, 0.1) is 25.3 Å². The van der Waals surface area contributed by atoms with Crippen LogP contribution in [0.4, 0.5) is 5.82 Å². The minimum Gasteiger partial charge on any atom is -0.493 e. The molecule has 136 valence electrons. The highest BCUT2D eigenvalue weighted by molar-refractivity contribution is 7.98. The number of anilines is 1. The first-order valence-electron chi connectivity index (χ1n) is 7.49. The average Bonchev–Trinajstić information content (AvgIpc) is 2.67. The van der Waals surface area contributed by atoms with Crippen LogP contribution in [-0.4, -0.2) is 41.5 Å². The molecule has 0 saturated heterocycles. The van der Waals surface area contributed by atoms with E-state index in [2.05, 4.69) is 9.97 Å². The van der Waals surface area contributed by atoms with E-state index in [0.717, 1.165) is 15.8 Å². The first kappa shape index (κ1) is 19.3. The molecule has 0 bridgehead atoms. The summed E-state index contributed by atoms with van der Waals surface area (Å²) in [4.78, 5) is 19.5. The van der Waals surface area contributed by atoms with Gasteiger partial charge in [0.2, 0.25) is 0 Å². The van der Waals surface area contributed by atoms with Crippen molar-refractivity contribution in [2.24, 2.45) is 0 Å². The summed E-state index contributed by atoms with van der Waals surface area (Å²) in [7, 11) is 3.15. The van der Waals surface area contributed by atoms with Crippen molar-refractivity contribution in [2.45, 2.75) is 4.90 Å². The SMILES string of the molecule is COc1cc2ncnc(N)c2cc1OC.CSc1ccc(C(=O)O)cc1. The molecule has 0 atom stereocenters. The van der Waals surface area contributed by atoms with Crippen LogP contribution >= 0.6 is 11.8 Å². The molecule has 3 N–H and O–H groups in total. The Balaban J connectivity index is 0.000000197. The molecule has 0 aliphatic carbocycles. The molecule has 1 heterocycles. The Morgan fingerprint density at radius 2 is 1.69 bits per heavy atom. The standard InChI is InChI=1S/C10H11N3O2.C8H8O2S/c1-14-8-3-6-7(4-9(8)15-2)12-5-13-10(6)11;1-11-7-4-2-6(3-5-7)8(9)10/h3-5H,1-2H3,(H2,11,12,13);2-5H,1H3,(H,9,10). The number of benzene rings is 2. The van der Waals surface area contributed by atoms with Crippen LogP contribution in [0, 0.1) is 0 Å². The van der Waals surface area contributed by atoms with Crippen LogP contribution in [0.15, 0.2) is 47.6 Å². The van der Waals surface area contributed by atoms with E-state index >= 15 is 0 Å². The summed E-state index contributed by atoms with van der Waals surface area (Å²) in [6.45, 7) is 0. The molecule has 0 fully saturated rings. The van der Waals surface area contributed by atoms with Gasteiger partial charge >= 0.3 is 5.97 Å². The Morgan fingerprint density at radius 1 is 1.08 bits per heavy atom. The molecule has 1 aromatic heterocycles. The third kappa shape index (κ3) is 4.54. The molecule has 2 aromatic carbocycles. The number of methoxy groups -OCH3 is 2. The maximum atomic E-state index is 10.4. The number of carbonyl (C=O) groups is 1. The van der Waals surface area contributed by atoms with Gasteiger partial charge in [0.15, 0.2) is 11.5 Å². The Hall–Kier alpha value is -3.00. The molecule has 26 heavy (non-hydrogen) atoms. The van der Waals surface area contributed by atoms with E-state index in [1.54, 1.807) is 62.4 Å². The zero-order valence-electron chi connectivity index (χ0n) is 14.6. The highest BCUT2D eigenvalue weighted by Crippen LogP contribution is 2.32. The maximum absolute atomic E-state index is 10.4. The lowest BCUT2D eigenvalue weighted by Crippen LogP contribution is -1.96. The highest BCUT2D eigenvalue weighted by Gasteiger charge is 2.08. The normalized spacial score (nSPS) is 9.96. The summed E-state index contributed by atoms with van der Waals surface area (Å²) in [5, 5.41) is 9.30. The number of ether oxygens (including phenoxy) is 2. The largest absolute Gasteiger partial charge is 0.493 e. The van der Waals surface area contributed by atoms with Crippen molar-refractivity contribution in [2.75, 3.05) is 26.2 Å². The maximum Gasteiger partial charge on any atom is 0.335 e. The molecule has 0 unspecified atom stereocenters. The van der Waals surface area contributed by atoms with E-state index in [4.69, 9.17) is 20.3 Å². The number of carboxylic acids is 1. The molecule has 0 amide bonds. The molecule has 3 rings (SSSR count). The monoisotopic (exact) mass is 373 g/mol. The number of aromatic nitrogens is 2. The van der Waals surface area contributed by atoms with Gasteiger partial charge in [0.1, 0.15) is 12.1 Å². The lowest BCUT2D eigenvalue weighted by molar-refractivity contribution is 0.0697. The summed E-state index contributed by atoms with van der Waals surface area (Å²) in [5.41, 5.74) is 6.80. The highest BCUT2D eigenvalue weighted by atomic mass is 32.2. The van der Waals surface area contributed by atoms with Gasteiger partial charge in [-0.1, -0.05) is 0 Å². The van der Waals surface area contributed by atoms with Crippen molar-refractivity contribution in [3.63, 3.8) is 0 Å². The van der Waals surface area contributed by atoms with Crippen molar-refractivity contribution in [1.82, 2.24) is 9.97 Å². The van der Waals surface area contributed by atoms with Gasteiger partial charge in [-0.2, -0.15) is 0 Å². The van der Waals surface area contributed by atoms with Crippen LogP contribution in [0.5, 0.6) is 11.5 Å². The van der Waals surface area contributed by atoms with Crippen LogP contribution in [0.3, 0.4) is 0 Å². The van der Waals surface area contributed by atoms with Gasteiger partial charge in [0, 0.05) is 16.3 Å². The predicted molar refractivity (Wildman–Crippen MR) is 102 cm³/mol. The van der Waals surface area contributed by atoms with Crippen LogP contribution in [0.25, 0.3) is 10.9 Å². The second-order valence-corrected chi connectivity index (χ2v) is 5.90. The number of nitrogens with zero attached hydrogens (tertiary/aromatic N) is 2. The Kier molecular flexibility index (Phi) is 6.62. The van der Waals surface area contributed by atoms with Crippen molar-refractivity contribution >= 4 is 34.5 Å². The molecule has 8 heteroatoms. The fraction of sp³-hybridized carbons (Fsp3) is 0.167. The topological polar surface area (TPSA) is 108 Å². The molecule has 0 aliphatic rings. The van der Waals surface area contributed by atoms with E-state index in [9.17, 15) is 4.79 Å². The molecule has 0 radical (unpaired) electrons. The van der Waals surface area contributed by atoms with Gasteiger partial charge in [-0.05, 0) is 36.6 Å². The van der Waals surface area contributed by atoms with E-state index in [1.165, 1.54) is 6.33 Å². The number of thioether (sulfide) groups is 1. The number of fused-ring (bicyclic) bond motifs is 1. The summed E-state index contributed by atoms with van der Waals surface area (Å²) in [6.07, 6.45) is 3.37. The first-order chi connectivity index (χ1) is 12.5. The van der Waals surface area contributed by atoms with Gasteiger partial charge in [0.25, 0.3) is 0 Å². The van der Waals surface area contributed by atoms with Gasteiger partial charge < -0.3 is 20.3 Å². The second kappa shape index (κ2) is 8.91. The number of nitrogens with two attached hydrogens (primary N) is 1. The predicted octanol–water partition coefficient (Wildman–Crippen LogP) is 3.34. The van der Waals surface area contributed by atoms with Crippen LogP contribution in [0.1, 0.15) is 10.4 Å². The summed E-state index contributed by atoms with van der Waals surface area (Å²) in [6, 6.07) is 10.3. The molecule has 0 spiro atoms. The van der Waals surface area contributed by atoms with Crippen molar-refractivity contribution in [1.29, 1.82) is 0 Å². The van der Waals surface area contributed by atoms with E-state index in [1.807, 2.05) is 6.26 Å². The molecule has 7 nitrogen and oxygen atoms in total. The van der Waals surface area contributed by atoms with Crippen LogP contribution in [-0.2, 0) is 0 Å². The number of hydrogen-bond donors (Lipinski definition) is 2. The fourth-order valence-electron chi connectivity index (χ4n) is 2.14. The number of hydrogen-bond acceptors (Lipinski definition) is 7. The van der Waals surface area contributed by atoms with Crippen molar-refractivity contribution in [3.8, 4) is 11.5 Å². The third-order valence-electron chi connectivity index (χ3n) is 3.51. The summed E-state index contributed by atoms with van der Waals surface area (Å²) < 4.78 is 10.3. The lowest BCUT2D eigenvalue weighted by atomic mass is 10.2. The van der Waals surface area contributed by atoms with E-state index < -0.39 is 5.97 Å². The minimum absolute atomic E-state index is 0.336. The third-order valence-corrected chi connectivity index (χ3v) is 4.25. The number of nitrogen functional groups attached to an aromatic ring is 1. The zero-order valence-corrected chi connectivity index (χ0v) is 15.4. The number of rotatable bonds is 4. The van der Waals surface area contributed by atoms with Crippen molar-refractivity contribution in [3.05, 3.63) is 48.3 Å². The zero-order chi connectivity index (χ0) is 19.1. The minimum atomic E-state index is -0.877. The fourth-order valence-corrected chi connectivity index (χ4v) is 2.54.